The zero-order valence-electron chi connectivity index (χ0n) is 11.0. The molecule has 0 bridgehead atoms. The van der Waals surface area contributed by atoms with Crippen LogP contribution in [0, 0.1) is 11.8 Å². The number of allylic oxidation sites excluding steroid dienone is 2. The summed E-state index contributed by atoms with van der Waals surface area (Å²) in [5.74, 6) is 1.35. The topological polar surface area (TPSA) is 26.0 Å². The van der Waals surface area contributed by atoms with Gasteiger partial charge in [-0.1, -0.05) is 52.2 Å². The molecule has 0 aliphatic carbocycles. The molecule has 2 unspecified atom stereocenters. The zero-order valence-corrected chi connectivity index (χ0v) is 11.0. The number of unbranched alkanes of at least 4 members (excludes halogenated alkanes) is 2. The van der Waals surface area contributed by atoms with Crippen LogP contribution >= 0.6 is 0 Å². The number of hydrogen-bond donors (Lipinski definition) is 1. The molecule has 0 amide bonds. The average molecular weight is 211 g/mol. The van der Waals surface area contributed by atoms with E-state index in [9.17, 15) is 0 Å². The summed E-state index contributed by atoms with van der Waals surface area (Å²) in [5, 5.41) is 0. The molecule has 0 spiro atoms. The fraction of sp³-hybridized carbons (Fsp3) is 0.857. The summed E-state index contributed by atoms with van der Waals surface area (Å²) < 4.78 is 0. The second-order valence-corrected chi connectivity index (χ2v) is 5.10. The van der Waals surface area contributed by atoms with Gasteiger partial charge in [0.25, 0.3) is 0 Å². The first-order chi connectivity index (χ1) is 7.06. The Morgan fingerprint density at radius 2 is 1.73 bits per heavy atom. The zero-order chi connectivity index (χ0) is 11.7. The Balaban J connectivity index is 3.94. The van der Waals surface area contributed by atoms with Crippen LogP contribution < -0.4 is 5.73 Å². The first-order valence-corrected chi connectivity index (χ1v) is 6.50. The van der Waals surface area contributed by atoms with Crippen molar-refractivity contribution >= 4 is 0 Å². The van der Waals surface area contributed by atoms with Crippen molar-refractivity contribution in [2.45, 2.75) is 65.8 Å². The summed E-state index contributed by atoms with van der Waals surface area (Å²) in [4.78, 5) is 0. The summed E-state index contributed by atoms with van der Waals surface area (Å²) >= 11 is 0. The third kappa shape index (κ3) is 9.99. The molecule has 0 saturated carbocycles. The van der Waals surface area contributed by atoms with Crippen molar-refractivity contribution in [2.75, 3.05) is 0 Å². The Hall–Kier alpha value is -0.300. The van der Waals surface area contributed by atoms with Gasteiger partial charge in [-0.25, -0.2) is 0 Å². The van der Waals surface area contributed by atoms with E-state index in [4.69, 9.17) is 5.73 Å². The van der Waals surface area contributed by atoms with Crippen LogP contribution in [-0.2, 0) is 0 Å². The molecular formula is C14H29N. The van der Waals surface area contributed by atoms with E-state index in [1.165, 1.54) is 25.7 Å². The highest BCUT2D eigenvalue weighted by molar-refractivity contribution is 4.91. The molecule has 0 aromatic heterocycles. The molecule has 0 fully saturated rings. The molecule has 0 heterocycles. The summed E-state index contributed by atoms with van der Waals surface area (Å²) in [6.45, 7) is 8.82. The maximum atomic E-state index is 5.87. The lowest BCUT2D eigenvalue weighted by Gasteiger charge is -2.15. The van der Waals surface area contributed by atoms with Gasteiger partial charge in [0.1, 0.15) is 0 Å². The van der Waals surface area contributed by atoms with Gasteiger partial charge in [-0.2, -0.15) is 0 Å². The predicted molar refractivity (Wildman–Crippen MR) is 69.9 cm³/mol. The average Bonchev–Trinajstić information content (AvgIpc) is 2.13. The van der Waals surface area contributed by atoms with E-state index in [0.717, 1.165) is 6.42 Å². The third-order valence-corrected chi connectivity index (χ3v) is 2.62. The molecule has 1 nitrogen and oxygen atoms in total. The Morgan fingerprint density at radius 3 is 2.20 bits per heavy atom. The quantitative estimate of drug-likeness (QED) is 0.474. The van der Waals surface area contributed by atoms with Crippen LogP contribution in [0.25, 0.3) is 0 Å². The van der Waals surface area contributed by atoms with E-state index in [-0.39, 0.29) is 0 Å². The van der Waals surface area contributed by atoms with Crippen molar-refractivity contribution in [3.05, 3.63) is 12.2 Å². The molecule has 0 aromatic rings. The van der Waals surface area contributed by atoms with Crippen LogP contribution in [0.4, 0.5) is 0 Å². The minimum absolute atomic E-state index is 0.327. The van der Waals surface area contributed by atoms with Crippen LogP contribution in [0.1, 0.15) is 59.8 Å². The highest BCUT2D eigenvalue weighted by Crippen LogP contribution is 2.17. The largest absolute Gasteiger partial charge is 0.328 e. The first-order valence-electron chi connectivity index (χ1n) is 6.50. The number of nitrogens with two attached hydrogens (primary N) is 1. The van der Waals surface area contributed by atoms with E-state index in [0.29, 0.717) is 17.9 Å². The Kier molecular flexibility index (Phi) is 8.79. The SMILES string of the molecule is CCCCCC(C=CC(C)C)CC(C)N. The normalized spacial score (nSPS) is 16.1. The van der Waals surface area contributed by atoms with E-state index in [1.807, 2.05) is 0 Å². The fourth-order valence-corrected chi connectivity index (χ4v) is 1.81. The molecule has 0 aliphatic rings. The molecule has 1 heteroatoms. The minimum atomic E-state index is 0.327. The molecule has 0 aromatic carbocycles. The second-order valence-electron chi connectivity index (χ2n) is 5.10. The van der Waals surface area contributed by atoms with Crippen LogP contribution in [0.15, 0.2) is 12.2 Å². The van der Waals surface area contributed by atoms with Crippen LogP contribution in [0.2, 0.25) is 0 Å². The number of rotatable bonds is 8. The van der Waals surface area contributed by atoms with Crippen molar-refractivity contribution in [1.82, 2.24) is 0 Å². The van der Waals surface area contributed by atoms with Gasteiger partial charge in [-0.05, 0) is 31.6 Å². The molecule has 2 N–H and O–H groups in total. The van der Waals surface area contributed by atoms with Gasteiger partial charge >= 0.3 is 0 Å². The Bertz CT molecular complexity index is 159. The van der Waals surface area contributed by atoms with Crippen LogP contribution in [-0.4, -0.2) is 6.04 Å². The number of hydrogen-bond acceptors (Lipinski definition) is 1. The lowest BCUT2D eigenvalue weighted by Crippen LogP contribution is -2.18. The maximum absolute atomic E-state index is 5.87. The van der Waals surface area contributed by atoms with Crippen molar-refractivity contribution in [3.63, 3.8) is 0 Å². The molecule has 2 atom stereocenters. The van der Waals surface area contributed by atoms with Crippen molar-refractivity contribution in [2.24, 2.45) is 17.6 Å². The van der Waals surface area contributed by atoms with E-state index < -0.39 is 0 Å². The lowest BCUT2D eigenvalue weighted by molar-refractivity contribution is 0.468. The van der Waals surface area contributed by atoms with Crippen molar-refractivity contribution in [1.29, 1.82) is 0 Å². The van der Waals surface area contributed by atoms with Gasteiger partial charge in [0, 0.05) is 6.04 Å². The van der Waals surface area contributed by atoms with Gasteiger partial charge < -0.3 is 5.73 Å². The van der Waals surface area contributed by atoms with Gasteiger partial charge in [-0.15, -0.1) is 0 Å². The van der Waals surface area contributed by atoms with Gasteiger partial charge in [-0.3, -0.25) is 0 Å². The van der Waals surface area contributed by atoms with Crippen molar-refractivity contribution in [3.8, 4) is 0 Å². The summed E-state index contributed by atoms with van der Waals surface area (Å²) in [5.41, 5.74) is 5.87. The smallest absolute Gasteiger partial charge is 0.00160 e. The highest BCUT2D eigenvalue weighted by atomic mass is 14.6. The summed E-state index contributed by atoms with van der Waals surface area (Å²) in [7, 11) is 0. The van der Waals surface area contributed by atoms with Crippen LogP contribution in [0.5, 0.6) is 0 Å². The standard InChI is InChI=1S/C14H29N/c1-5-6-7-8-14(11-13(4)15)10-9-12(2)3/h9-10,12-14H,5-8,11,15H2,1-4H3. The maximum Gasteiger partial charge on any atom is 0.00160 e. The van der Waals surface area contributed by atoms with Gasteiger partial charge in [0.2, 0.25) is 0 Å². The molecule has 0 radical (unpaired) electrons. The summed E-state index contributed by atoms with van der Waals surface area (Å²) in [6.07, 6.45) is 11.1. The molecule has 15 heavy (non-hydrogen) atoms. The second kappa shape index (κ2) is 8.96. The third-order valence-electron chi connectivity index (χ3n) is 2.62. The van der Waals surface area contributed by atoms with E-state index in [1.54, 1.807) is 0 Å². The van der Waals surface area contributed by atoms with Crippen molar-refractivity contribution < 1.29 is 0 Å². The van der Waals surface area contributed by atoms with Crippen LogP contribution in [0.3, 0.4) is 0 Å². The molecular weight excluding hydrogens is 182 g/mol. The first kappa shape index (κ1) is 14.7. The molecule has 90 valence electrons. The molecule has 0 rings (SSSR count). The summed E-state index contributed by atoms with van der Waals surface area (Å²) in [6, 6.07) is 0.327. The molecule has 0 aliphatic heterocycles. The fourth-order valence-electron chi connectivity index (χ4n) is 1.81. The van der Waals surface area contributed by atoms with Gasteiger partial charge in [0.15, 0.2) is 0 Å². The Morgan fingerprint density at radius 1 is 1.07 bits per heavy atom. The monoisotopic (exact) mass is 211 g/mol. The predicted octanol–water partition coefficient (Wildman–Crippen LogP) is 4.13. The van der Waals surface area contributed by atoms with Gasteiger partial charge in [0.05, 0.1) is 0 Å². The Labute approximate surface area is 96.1 Å². The lowest BCUT2D eigenvalue weighted by atomic mass is 9.93. The van der Waals surface area contributed by atoms with E-state index in [2.05, 4.69) is 39.8 Å². The molecule has 0 saturated heterocycles. The highest BCUT2D eigenvalue weighted by Gasteiger charge is 2.07. The minimum Gasteiger partial charge on any atom is -0.328 e. The van der Waals surface area contributed by atoms with E-state index >= 15 is 0 Å².